The Kier molecular flexibility index (Phi) is 3.67. The van der Waals surface area contributed by atoms with Gasteiger partial charge in [0.1, 0.15) is 11.9 Å². The van der Waals surface area contributed by atoms with Gasteiger partial charge in [0.25, 0.3) is 0 Å². The van der Waals surface area contributed by atoms with E-state index in [1.165, 1.54) is 17.7 Å². The van der Waals surface area contributed by atoms with Gasteiger partial charge in [-0.25, -0.2) is 4.39 Å². The van der Waals surface area contributed by atoms with Crippen LogP contribution in [0.15, 0.2) is 78.9 Å². The van der Waals surface area contributed by atoms with Gasteiger partial charge in [-0.3, -0.25) is 0 Å². The van der Waals surface area contributed by atoms with E-state index < -0.39 is 0 Å². The van der Waals surface area contributed by atoms with Gasteiger partial charge in [0, 0.05) is 22.9 Å². The second kappa shape index (κ2) is 6.21. The average molecular weight is 364 g/mol. The van der Waals surface area contributed by atoms with Gasteiger partial charge in [0.05, 0.1) is 11.3 Å². The third-order valence-corrected chi connectivity index (χ3v) is 5.55. The topological polar surface area (TPSA) is 28.7 Å². The molecule has 134 valence electrons. The van der Waals surface area contributed by atoms with Crippen LogP contribution in [0.2, 0.25) is 0 Å². The van der Waals surface area contributed by atoms with Gasteiger partial charge >= 0.3 is 0 Å². The monoisotopic (exact) mass is 364 g/mol. The summed E-state index contributed by atoms with van der Waals surface area (Å²) >= 11 is 0. The third kappa shape index (κ3) is 2.25. The van der Waals surface area contributed by atoms with Crippen LogP contribution < -0.4 is 0 Å². The van der Waals surface area contributed by atoms with E-state index in [0.29, 0.717) is 5.56 Å². The molecule has 1 aliphatic rings. The van der Waals surface area contributed by atoms with Gasteiger partial charge in [0.2, 0.25) is 0 Å². The summed E-state index contributed by atoms with van der Waals surface area (Å²) in [5.74, 6) is -0.140. The van der Waals surface area contributed by atoms with E-state index in [9.17, 15) is 9.65 Å². The molecule has 5 rings (SSSR count). The number of nitriles is 1. The fourth-order valence-corrected chi connectivity index (χ4v) is 4.34. The number of rotatable bonds is 2. The van der Waals surface area contributed by atoms with E-state index in [2.05, 4.69) is 29.7 Å². The third-order valence-electron chi connectivity index (χ3n) is 5.55. The first kappa shape index (κ1) is 16.5. The minimum Gasteiger partial charge on any atom is -0.311 e. The van der Waals surface area contributed by atoms with Gasteiger partial charge in [-0.15, -0.1) is 0 Å². The van der Waals surface area contributed by atoms with Crippen molar-refractivity contribution in [2.24, 2.45) is 0 Å². The minimum absolute atomic E-state index is 0.140. The van der Waals surface area contributed by atoms with Crippen LogP contribution in [0.3, 0.4) is 0 Å². The Morgan fingerprint density at radius 3 is 2.25 bits per heavy atom. The van der Waals surface area contributed by atoms with Crippen molar-refractivity contribution in [1.82, 2.24) is 4.57 Å². The smallest absolute Gasteiger partial charge is 0.123 e. The lowest BCUT2D eigenvalue weighted by atomic mass is 9.91. The summed E-state index contributed by atoms with van der Waals surface area (Å²) in [6.07, 6.45) is 0. The predicted octanol–water partition coefficient (Wildman–Crippen LogP) is 6.29. The molecule has 3 aromatic carbocycles. The van der Waals surface area contributed by atoms with E-state index >= 15 is 0 Å². The standard InChI is InChI=1S/C25H17FN2/c1-16-20-9-5-6-10-22(20)28-24(16)23(17-11-13-19(26)14-12-17)21(15-27)25(28)18-7-3-2-4-8-18/h2-14,16H,1H3. The number of para-hydroxylation sites is 1. The van der Waals surface area contributed by atoms with E-state index in [0.717, 1.165) is 33.8 Å². The van der Waals surface area contributed by atoms with Crippen LogP contribution in [-0.2, 0) is 0 Å². The molecule has 0 aliphatic carbocycles. The largest absolute Gasteiger partial charge is 0.311 e. The molecule has 0 bridgehead atoms. The highest BCUT2D eigenvalue weighted by atomic mass is 19.1. The molecule has 0 spiro atoms. The second-order valence-corrected chi connectivity index (χ2v) is 7.08. The molecule has 0 N–H and O–H groups in total. The maximum Gasteiger partial charge on any atom is 0.123 e. The molecule has 0 saturated carbocycles. The molecule has 1 aliphatic heterocycles. The fourth-order valence-electron chi connectivity index (χ4n) is 4.34. The lowest BCUT2D eigenvalue weighted by Gasteiger charge is -2.10. The Bertz CT molecular complexity index is 1230. The normalized spacial score (nSPS) is 14.4. The molecule has 2 heterocycles. The molecule has 3 heteroatoms. The van der Waals surface area contributed by atoms with Gasteiger partial charge in [-0.05, 0) is 34.9 Å². The lowest BCUT2D eigenvalue weighted by molar-refractivity contribution is 0.628. The Hall–Kier alpha value is -3.64. The van der Waals surface area contributed by atoms with Crippen molar-refractivity contribution in [1.29, 1.82) is 5.26 Å². The molecule has 0 amide bonds. The van der Waals surface area contributed by atoms with Crippen molar-refractivity contribution in [3.05, 3.63) is 102 Å². The van der Waals surface area contributed by atoms with Crippen LogP contribution in [0.1, 0.15) is 29.7 Å². The fraction of sp³-hybridized carbons (Fsp3) is 0.0800. The van der Waals surface area contributed by atoms with Crippen LogP contribution in [0.5, 0.6) is 0 Å². The number of hydrogen-bond acceptors (Lipinski definition) is 1. The molecular weight excluding hydrogens is 347 g/mol. The van der Waals surface area contributed by atoms with Crippen molar-refractivity contribution in [2.45, 2.75) is 12.8 Å². The number of nitrogens with zero attached hydrogens (tertiary/aromatic N) is 2. The van der Waals surface area contributed by atoms with Crippen LogP contribution in [0.25, 0.3) is 28.1 Å². The van der Waals surface area contributed by atoms with Gasteiger partial charge in [-0.2, -0.15) is 5.26 Å². The van der Waals surface area contributed by atoms with Crippen molar-refractivity contribution in [3.63, 3.8) is 0 Å². The lowest BCUT2D eigenvalue weighted by Crippen LogP contribution is -1.96. The second-order valence-electron chi connectivity index (χ2n) is 7.08. The van der Waals surface area contributed by atoms with Gasteiger partial charge in [0.15, 0.2) is 0 Å². The van der Waals surface area contributed by atoms with E-state index in [1.54, 1.807) is 12.1 Å². The van der Waals surface area contributed by atoms with Crippen LogP contribution >= 0.6 is 0 Å². The molecule has 28 heavy (non-hydrogen) atoms. The molecular formula is C25H17FN2. The number of hydrogen-bond donors (Lipinski definition) is 0. The highest BCUT2D eigenvalue weighted by molar-refractivity contribution is 5.88. The summed E-state index contributed by atoms with van der Waals surface area (Å²) in [6.45, 7) is 2.17. The number of aromatic nitrogens is 1. The van der Waals surface area contributed by atoms with Crippen molar-refractivity contribution >= 4 is 0 Å². The van der Waals surface area contributed by atoms with Crippen LogP contribution in [0.4, 0.5) is 4.39 Å². The zero-order valence-electron chi connectivity index (χ0n) is 15.4. The average Bonchev–Trinajstić information content (AvgIpc) is 3.22. The molecule has 2 nitrogen and oxygen atoms in total. The maximum atomic E-state index is 13.6. The Labute approximate surface area is 163 Å². The molecule has 0 saturated heterocycles. The number of halogens is 1. The summed E-state index contributed by atoms with van der Waals surface area (Å²) in [5.41, 5.74) is 7.72. The summed E-state index contributed by atoms with van der Waals surface area (Å²) in [4.78, 5) is 0. The van der Waals surface area contributed by atoms with Crippen molar-refractivity contribution < 1.29 is 4.39 Å². The first-order valence-corrected chi connectivity index (χ1v) is 9.30. The predicted molar refractivity (Wildman–Crippen MR) is 109 cm³/mol. The molecule has 1 atom stereocenters. The highest BCUT2D eigenvalue weighted by Gasteiger charge is 2.35. The molecule has 0 radical (unpaired) electrons. The first-order chi connectivity index (χ1) is 13.7. The minimum atomic E-state index is -0.280. The van der Waals surface area contributed by atoms with E-state index in [4.69, 9.17) is 0 Å². The maximum absolute atomic E-state index is 13.6. The summed E-state index contributed by atoms with van der Waals surface area (Å²) in [6, 6.07) is 27.2. The Morgan fingerprint density at radius 1 is 0.857 bits per heavy atom. The van der Waals surface area contributed by atoms with Crippen molar-refractivity contribution in [2.75, 3.05) is 0 Å². The van der Waals surface area contributed by atoms with Gasteiger partial charge in [-0.1, -0.05) is 67.6 Å². The Balaban J connectivity index is 1.92. The van der Waals surface area contributed by atoms with E-state index in [1.807, 2.05) is 42.5 Å². The van der Waals surface area contributed by atoms with E-state index in [-0.39, 0.29) is 11.7 Å². The molecule has 1 unspecified atom stereocenters. The zero-order valence-corrected chi connectivity index (χ0v) is 15.4. The van der Waals surface area contributed by atoms with Crippen molar-refractivity contribution in [3.8, 4) is 34.1 Å². The molecule has 4 aromatic rings. The number of fused-ring (bicyclic) bond motifs is 3. The Morgan fingerprint density at radius 2 is 1.54 bits per heavy atom. The summed E-state index contributed by atoms with van der Waals surface area (Å²) < 4.78 is 15.8. The zero-order chi connectivity index (χ0) is 19.3. The van der Waals surface area contributed by atoms with Gasteiger partial charge < -0.3 is 4.57 Å². The van der Waals surface area contributed by atoms with Crippen LogP contribution in [-0.4, -0.2) is 4.57 Å². The van der Waals surface area contributed by atoms with Crippen LogP contribution in [0, 0.1) is 17.1 Å². The first-order valence-electron chi connectivity index (χ1n) is 9.30. The SMILES string of the molecule is CC1c2ccccc2-n2c(-c3ccccc3)c(C#N)c(-c3ccc(F)cc3)c21. The molecule has 1 aromatic heterocycles. The summed E-state index contributed by atoms with van der Waals surface area (Å²) in [7, 11) is 0. The summed E-state index contributed by atoms with van der Waals surface area (Å²) in [5, 5.41) is 10.1. The number of benzene rings is 3. The molecule has 0 fully saturated rings. The quantitative estimate of drug-likeness (QED) is 0.411. The highest BCUT2D eigenvalue weighted by Crippen LogP contribution is 2.49.